The molecule has 152 valence electrons. The van der Waals surface area contributed by atoms with Gasteiger partial charge in [0, 0.05) is 43.7 Å². The molecule has 8 nitrogen and oxygen atoms in total. The fourth-order valence-corrected chi connectivity index (χ4v) is 3.27. The second-order valence-corrected chi connectivity index (χ2v) is 6.67. The molecule has 1 aromatic carbocycles. The smallest absolute Gasteiger partial charge is 0.221 e. The zero-order valence-electron chi connectivity index (χ0n) is 16.8. The van der Waals surface area contributed by atoms with E-state index < -0.39 is 0 Å². The van der Waals surface area contributed by atoms with Crippen molar-refractivity contribution in [2.45, 2.75) is 6.42 Å². The number of rotatable bonds is 4. The molecule has 0 unspecified atom stereocenters. The minimum atomic E-state index is -0.163. The van der Waals surface area contributed by atoms with Gasteiger partial charge in [-0.1, -0.05) is 12.6 Å². The van der Waals surface area contributed by atoms with Crippen molar-refractivity contribution in [3.63, 3.8) is 0 Å². The maximum atomic E-state index is 9.01. The molecule has 1 aliphatic heterocycles. The maximum Gasteiger partial charge on any atom is 0.221 e. The Bertz CT molecular complexity index is 1020. The molecule has 0 bridgehead atoms. The summed E-state index contributed by atoms with van der Waals surface area (Å²) in [5, 5.41) is 25.3. The lowest BCUT2D eigenvalue weighted by Gasteiger charge is -2.40. The van der Waals surface area contributed by atoms with Crippen molar-refractivity contribution >= 4 is 17.6 Å². The average Bonchev–Trinajstić information content (AvgIpc) is 2.77. The van der Waals surface area contributed by atoms with E-state index in [2.05, 4.69) is 16.6 Å². The number of ether oxygens (including phenoxy) is 1. The van der Waals surface area contributed by atoms with Gasteiger partial charge in [-0.25, -0.2) is 0 Å². The SMILES string of the molecule is C=C1N(CC(=N)OC(=N)c2cccc(C#N)c2)CCCN1C(=NC)c1ccncc1. The van der Waals surface area contributed by atoms with Crippen LogP contribution in [0.2, 0.25) is 0 Å². The fraction of sp³-hybridized carbons (Fsp3) is 0.227. The molecule has 1 fully saturated rings. The molecule has 2 N–H and O–H groups in total. The van der Waals surface area contributed by atoms with Crippen LogP contribution in [-0.4, -0.2) is 59.1 Å². The summed E-state index contributed by atoms with van der Waals surface area (Å²) in [7, 11) is 1.74. The van der Waals surface area contributed by atoms with Crippen LogP contribution < -0.4 is 0 Å². The summed E-state index contributed by atoms with van der Waals surface area (Å²) in [5.41, 5.74) is 1.84. The lowest BCUT2D eigenvalue weighted by atomic mass is 10.1. The molecule has 3 rings (SSSR count). The lowest BCUT2D eigenvalue weighted by molar-refractivity contribution is 0.229. The van der Waals surface area contributed by atoms with Crippen LogP contribution in [0, 0.1) is 22.1 Å². The van der Waals surface area contributed by atoms with E-state index in [0.717, 1.165) is 36.7 Å². The largest absolute Gasteiger partial charge is 0.423 e. The summed E-state index contributed by atoms with van der Waals surface area (Å²) in [6, 6.07) is 12.4. The Morgan fingerprint density at radius 2 is 2.00 bits per heavy atom. The number of aliphatic imine (C=N–C) groups is 1. The van der Waals surface area contributed by atoms with Crippen molar-refractivity contribution in [2.24, 2.45) is 4.99 Å². The number of pyridine rings is 1. The van der Waals surface area contributed by atoms with E-state index in [1.165, 1.54) is 0 Å². The summed E-state index contributed by atoms with van der Waals surface area (Å²) in [6.07, 6.45) is 4.32. The molecule has 0 radical (unpaired) electrons. The number of nitrogens with one attached hydrogen (secondary N) is 2. The second-order valence-electron chi connectivity index (χ2n) is 6.67. The molecule has 0 atom stereocenters. The molecule has 8 heteroatoms. The van der Waals surface area contributed by atoms with E-state index in [-0.39, 0.29) is 18.3 Å². The minimum Gasteiger partial charge on any atom is -0.423 e. The first-order valence-electron chi connectivity index (χ1n) is 9.46. The molecule has 0 saturated carbocycles. The lowest BCUT2D eigenvalue weighted by Crippen LogP contribution is -2.47. The number of amidine groups is 1. The van der Waals surface area contributed by atoms with Crippen LogP contribution in [0.4, 0.5) is 0 Å². The van der Waals surface area contributed by atoms with Crippen LogP contribution in [-0.2, 0) is 4.74 Å². The van der Waals surface area contributed by atoms with E-state index in [0.29, 0.717) is 11.1 Å². The second kappa shape index (κ2) is 9.47. The Balaban J connectivity index is 1.66. The van der Waals surface area contributed by atoms with E-state index in [1.807, 2.05) is 28.0 Å². The Morgan fingerprint density at radius 1 is 1.23 bits per heavy atom. The topological polar surface area (TPSA) is 112 Å². The molecule has 0 spiro atoms. The van der Waals surface area contributed by atoms with Crippen LogP contribution in [0.25, 0.3) is 0 Å². The first-order chi connectivity index (χ1) is 14.5. The van der Waals surface area contributed by atoms with E-state index in [9.17, 15) is 0 Å². The molecule has 2 heterocycles. The molecule has 1 saturated heterocycles. The summed E-state index contributed by atoms with van der Waals surface area (Å²) in [5.74, 6) is 1.29. The highest BCUT2D eigenvalue weighted by atomic mass is 16.5. The summed E-state index contributed by atoms with van der Waals surface area (Å²) < 4.78 is 5.41. The van der Waals surface area contributed by atoms with Gasteiger partial charge in [0.25, 0.3) is 0 Å². The molecular weight excluding hydrogens is 378 g/mol. The van der Waals surface area contributed by atoms with Crippen molar-refractivity contribution in [1.82, 2.24) is 14.8 Å². The Hall–Kier alpha value is -3.99. The van der Waals surface area contributed by atoms with Gasteiger partial charge < -0.3 is 14.5 Å². The predicted molar refractivity (Wildman–Crippen MR) is 116 cm³/mol. The fourth-order valence-electron chi connectivity index (χ4n) is 3.27. The van der Waals surface area contributed by atoms with Gasteiger partial charge in [-0.2, -0.15) is 5.26 Å². The minimum absolute atomic E-state index is 0.0655. The van der Waals surface area contributed by atoms with Gasteiger partial charge in [0.2, 0.25) is 11.8 Å². The van der Waals surface area contributed by atoms with Gasteiger partial charge >= 0.3 is 0 Å². The Morgan fingerprint density at radius 3 is 2.70 bits per heavy atom. The normalized spacial score (nSPS) is 14.3. The summed E-state index contributed by atoms with van der Waals surface area (Å²) in [4.78, 5) is 12.5. The third-order valence-corrected chi connectivity index (χ3v) is 4.71. The third kappa shape index (κ3) is 4.70. The van der Waals surface area contributed by atoms with E-state index in [4.69, 9.17) is 20.8 Å². The van der Waals surface area contributed by atoms with Crippen LogP contribution in [0.5, 0.6) is 0 Å². The summed E-state index contributed by atoms with van der Waals surface area (Å²) in [6.45, 7) is 5.88. The molecule has 2 aromatic rings. The van der Waals surface area contributed by atoms with Crippen molar-refractivity contribution in [3.05, 3.63) is 77.9 Å². The first kappa shape index (κ1) is 20.7. The zero-order chi connectivity index (χ0) is 21.5. The van der Waals surface area contributed by atoms with Gasteiger partial charge in [-0.15, -0.1) is 0 Å². The highest BCUT2D eigenvalue weighted by Crippen LogP contribution is 2.20. The maximum absolute atomic E-state index is 9.01. The number of aromatic nitrogens is 1. The van der Waals surface area contributed by atoms with Gasteiger partial charge in [0.05, 0.1) is 18.2 Å². The third-order valence-electron chi connectivity index (χ3n) is 4.71. The first-order valence-corrected chi connectivity index (χ1v) is 9.46. The number of nitrogens with zero attached hydrogens (tertiary/aromatic N) is 5. The van der Waals surface area contributed by atoms with Crippen LogP contribution in [0.3, 0.4) is 0 Å². The Kier molecular flexibility index (Phi) is 6.55. The number of hydrogen-bond acceptors (Lipinski definition) is 7. The van der Waals surface area contributed by atoms with Crippen molar-refractivity contribution in [2.75, 3.05) is 26.7 Å². The molecule has 1 aliphatic rings. The molecule has 0 amide bonds. The van der Waals surface area contributed by atoms with Crippen LogP contribution in [0.15, 0.2) is 66.2 Å². The monoisotopic (exact) mass is 401 g/mol. The molecular formula is C22H23N7O. The molecule has 1 aromatic heterocycles. The highest BCUT2D eigenvalue weighted by Gasteiger charge is 2.26. The van der Waals surface area contributed by atoms with Gasteiger partial charge in [-0.05, 0) is 36.8 Å². The predicted octanol–water partition coefficient (Wildman–Crippen LogP) is 2.83. The zero-order valence-corrected chi connectivity index (χ0v) is 16.8. The quantitative estimate of drug-likeness (QED) is 0.604. The average molecular weight is 401 g/mol. The standard InChI is InChI=1S/C22H23N7O/c1-16-28(11-4-12-29(16)22(26-2)18-7-9-27-10-8-18)15-20(24)30-21(25)19-6-3-5-17(13-19)14-23/h3,5-10,13,24-25H,1,4,11-12,15H2,2H3. The van der Waals surface area contributed by atoms with Gasteiger partial charge in [0.15, 0.2) is 0 Å². The van der Waals surface area contributed by atoms with Gasteiger partial charge in [-0.3, -0.25) is 20.8 Å². The van der Waals surface area contributed by atoms with Crippen LogP contribution >= 0.6 is 0 Å². The van der Waals surface area contributed by atoms with E-state index >= 15 is 0 Å². The number of benzene rings is 1. The number of nitriles is 1. The van der Waals surface area contributed by atoms with E-state index in [1.54, 1.807) is 43.7 Å². The van der Waals surface area contributed by atoms with Crippen LogP contribution in [0.1, 0.15) is 23.1 Å². The van der Waals surface area contributed by atoms with Gasteiger partial charge in [0.1, 0.15) is 11.7 Å². The van der Waals surface area contributed by atoms with Crippen molar-refractivity contribution < 1.29 is 4.74 Å². The number of hydrogen-bond donors (Lipinski definition) is 2. The van der Waals surface area contributed by atoms with Crippen molar-refractivity contribution in [3.8, 4) is 6.07 Å². The Labute approximate surface area is 175 Å². The molecule has 30 heavy (non-hydrogen) atoms. The highest BCUT2D eigenvalue weighted by molar-refractivity contribution is 6.00. The molecule has 0 aliphatic carbocycles. The summed E-state index contributed by atoms with van der Waals surface area (Å²) >= 11 is 0. The van der Waals surface area contributed by atoms with Crippen molar-refractivity contribution in [1.29, 1.82) is 16.1 Å².